The first kappa shape index (κ1) is 11.6. The van der Waals surface area contributed by atoms with Crippen LogP contribution in [0.1, 0.15) is 30.9 Å². The summed E-state index contributed by atoms with van der Waals surface area (Å²) in [6, 6.07) is 0.332. The molecule has 0 aliphatic carbocycles. The van der Waals surface area contributed by atoms with Crippen molar-refractivity contribution in [3.8, 4) is 0 Å². The summed E-state index contributed by atoms with van der Waals surface area (Å²) >= 11 is 3.36. The van der Waals surface area contributed by atoms with Gasteiger partial charge in [0.15, 0.2) is 0 Å². The van der Waals surface area contributed by atoms with Gasteiger partial charge in [0.25, 0.3) is 0 Å². The minimum absolute atomic E-state index is 0.332. The van der Waals surface area contributed by atoms with E-state index in [9.17, 15) is 0 Å². The molecule has 5 nitrogen and oxygen atoms in total. The van der Waals surface area contributed by atoms with Crippen molar-refractivity contribution >= 4 is 21.9 Å². The monoisotopic (exact) mass is 307 g/mol. The number of aromatic amines is 1. The van der Waals surface area contributed by atoms with E-state index in [1.54, 1.807) is 12.4 Å². The van der Waals surface area contributed by atoms with Crippen LogP contribution in [-0.4, -0.2) is 26.7 Å². The number of anilines is 1. The van der Waals surface area contributed by atoms with Gasteiger partial charge >= 0.3 is 0 Å². The second kappa shape index (κ2) is 5.06. The fraction of sp³-hybridized carbons (Fsp3) is 0.417. The number of nitrogens with one attached hydrogen (secondary N) is 1. The van der Waals surface area contributed by atoms with Crippen LogP contribution in [0.2, 0.25) is 0 Å². The number of nitrogens with zero attached hydrogens (tertiary/aromatic N) is 4. The van der Waals surface area contributed by atoms with Crippen LogP contribution in [0.4, 0.5) is 5.95 Å². The SMILES string of the molecule is Brc1cnc(N2CCCCC2c2cn[nH]c2)nc1. The van der Waals surface area contributed by atoms with E-state index in [0.29, 0.717) is 6.04 Å². The molecule has 1 aliphatic rings. The summed E-state index contributed by atoms with van der Waals surface area (Å²) in [4.78, 5) is 11.1. The lowest BCUT2D eigenvalue weighted by atomic mass is 9.98. The van der Waals surface area contributed by atoms with Crippen molar-refractivity contribution in [2.24, 2.45) is 0 Å². The molecule has 2 aromatic rings. The Balaban J connectivity index is 1.90. The molecule has 94 valence electrons. The normalized spacial score (nSPS) is 20.1. The van der Waals surface area contributed by atoms with Crippen LogP contribution in [0.15, 0.2) is 29.3 Å². The second-order valence-electron chi connectivity index (χ2n) is 4.44. The first-order valence-corrected chi connectivity index (χ1v) is 6.87. The van der Waals surface area contributed by atoms with Crippen molar-refractivity contribution < 1.29 is 0 Å². The quantitative estimate of drug-likeness (QED) is 0.927. The Morgan fingerprint density at radius 3 is 2.78 bits per heavy atom. The maximum Gasteiger partial charge on any atom is 0.225 e. The molecule has 18 heavy (non-hydrogen) atoms. The van der Waals surface area contributed by atoms with Crippen LogP contribution < -0.4 is 4.90 Å². The molecular formula is C12H14BrN5. The predicted octanol–water partition coefficient (Wildman–Crippen LogP) is 2.69. The lowest BCUT2D eigenvalue weighted by Gasteiger charge is -2.35. The van der Waals surface area contributed by atoms with E-state index < -0.39 is 0 Å². The van der Waals surface area contributed by atoms with Crippen molar-refractivity contribution in [3.05, 3.63) is 34.8 Å². The molecule has 1 N–H and O–H groups in total. The van der Waals surface area contributed by atoms with Crippen molar-refractivity contribution in [2.75, 3.05) is 11.4 Å². The highest BCUT2D eigenvalue weighted by molar-refractivity contribution is 9.10. The number of piperidine rings is 1. The van der Waals surface area contributed by atoms with E-state index in [4.69, 9.17) is 0 Å². The molecular weight excluding hydrogens is 294 g/mol. The highest BCUT2D eigenvalue weighted by Gasteiger charge is 2.26. The smallest absolute Gasteiger partial charge is 0.225 e. The fourth-order valence-corrected chi connectivity index (χ4v) is 2.62. The van der Waals surface area contributed by atoms with Gasteiger partial charge in [0.2, 0.25) is 5.95 Å². The van der Waals surface area contributed by atoms with Gasteiger partial charge in [0, 0.05) is 30.7 Å². The summed E-state index contributed by atoms with van der Waals surface area (Å²) in [7, 11) is 0. The Morgan fingerprint density at radius 2 is 2.06 bits per heavy atom. The number of rotatable bonds is 2. The molecule has 1 saturated heterocycles. The van der Waals surface area contributed by atoms with E-state index in [1.165, 1.54) is 18.4 Å². The van der Waals surface area contributed by atoms with Crippen molar-refractivity contribution in [1.29, 1.82) is 0 Å². The lowest BCUT2D eigenvalue weighted by molar-refractivity contribution is 0.465. The van der Waals surface area contributed by atoms with Gasteiger partial charge in [-0.1, -0.05) is 0 Å². The highest BCUT2D eigenvalue weighted by atomic mass is 79.9. The predicted molar refractivity (Wildman–Crippen MR) is 72.3 cm³/mol. The van der Waals surface area contributed by atoms with Gasteiger partial charge in [-0.05, 0) is 35.2 Å². The fourth-order valence-electron chi connectivity index (χ4n) is 2.41. The summed E-state index contributed by atoms with van der Waals surface area (Å²) in [6.45, 7) is 0.997. The van der Waals surface area contributed by atoms with Crippen molar-refractivity contribution in [1.82, 2.24) is 20.2 Å². The number of aromatic nitrogens is 4. The van der Waals surface area contributed by atoms with E-state index in [0.717, 1.165) is 23.4 Å². The Labute approximate surface area is 114 Å². The lowest BCUT2D eigenvalue weighted by Crippen LogP contribution is -2.34. The Morgan fingerprint density at radius 1 is 1.22 bits per heavy atom. The Kier molecular flexibility index (Phi) is 3.27. The average Bonchev–Trinajstić information content (AvgIpc) is 2.93. The maximum atomic E-state index is 4.40. The zero-order valence-corrected chi connectivity index (χ0v) is 11.5. The molecule has 2 aromatic heterocycles. The number of hydrogen-bond donors (Lipinski definition) is 1. The van der Waals surface area contributed by atoms with Crippen molar-refractivity contribution in [2.45, 2.75) is 25.3 Å². The van der Waals surface area contributed by atoms with Crippen LogP contribution in [0.25, 0.3) is 0 Å². The molecule has 0 aromatic carbocycles. The number of hydrogen-bond acceptors (Lipinski definition) is 4. The summed E-state index contributed by atoms with van der Waals surface area (Å²) in [5, 5.41) is 6.92. The molecule has 1 fully saturated rings. The number of halogens is 1. The van der Waals surface area contributed by atoms with Crippen LogP contribution in [0.5, 0.6) is 0 Å². The molecule has 0 radical (unpaired) electrons. The molecule has 1 atom stereocenters. The van der Waals surface area contributed by atoms with Gasteiger partial charge in [-0.15, -0.1) is 0 Å². The molecule has 3 heterocycles. The first-order chi connectivity index (χ1) is 8.84. The topological polar surface area (TPSA) is 57.7 Å². The molecule has 0 spiro atoms. The second-order valence-corrected chi connectivity index (χ2v) is 5.35. The van der Waals surface area contributed by atoms with E-state index in [1.807, 2.05) is 12.4 Å². The largest absolute Gasteiger partial charge is 0.334 e. The molecule has 1 aliphatic heterocycles. The van der Waals surface area contributed by atoms with Gasteiger partial charge in [0.05, 0.1) is 16.7 Å². The van der Waals surface area contributed by atoms with E-state index >= 15 is 0 Å². The zero-order chi connectivity index (χ0) is 12.4. The molecule has 0 bridgehead atoms. The molecule has 0 amide bonds. The highest BCUT2D eigenvalue weighted by Crippen LogP contribution is 2.32. The standard InChI is InChI=1S/C12H14BrN5/c13-10-7-14-12(15-8-10)18-4-2-1-3-11(18)9-5-16-17-6-9/h5-8,11H,1-4H2,(H,16,17). The molecule has 3 rings (SSSR count). The Hall–Kier alpha value is -1.43. The minimum atomic E-state index is 0.332. The average molecular weight is 308 g/mol. The van der Waals surface area contributed by atoms with Gasteiger partial charge < -0.3 is 4.90 Å². The van der Waals surface area contributed by atoms with Crippen LogP contribution in [0.3, 0.4) is 0 Å². The van der Waals surface area contributed by atoms with Crippen LogP contribution in [-0.2, 0) is 0 Å². The van der Waals surface area contributed by atoms with Crippen LogP contribution >= 0.6 is 15.9 Å². The Bertz CT molecular complexity index is 496. The van der Waals surface area contributed by atoms with Gasteiger partial charge in [-0.3, -0.25) is 5.10 Å². The van der Waals surface area contributed by atoms with Crippen molar-refractivity contribution in [3.63, 3.8) is 0 Å². The minimum Gasteiger partial charge on any atom is -0.334 e. The summed E-state index contributed by atoms with van der Waals surface area (Å²) in [6.07, 6.45) is 11.0. The molecule has 1 unspecified atom stereocenters. The summed E-state index contributed by atoms with van der Waals surface area (Å²) in [5.41, 5.74) is 1.21. The van der Waals surface area contributed by atoms with Crippen LogP contribution in [0, 0.1) is 0 Å². The zero-order valence-electron chi connectivity index (χ0n) is 9.88. The molecule has 0 saturated carbocycles. The van der Waals surface area contributed by atoms with E-state index in [2.05, 4.69) is 41.0 Å². The van der Waals surface area contributed by atoms with Gasteiger partial charge in [0.1, 0.15) is 0 Å². The number of H-pyrrole nitrogens is 1. The van der Waals surface area contributed by atoms with Gasteiger partial charge in [-0.2, -0.15) is 5.10 Å². The molecule has 6 heteroatoms. The summed E-state index contributed by atoms with van der Waals surface area (Å²) in [5.74, 6) is 0.795. The maximum absolute atomic E-state index is 4.40. The summed E-state index contributed by atoms with van der Waals surface area (Å²) < 4.78 is 0.906. The van der Waals surface area contributed by atoms with Gasteiger partial charge in [-0.25, -0.2) is 9.97 Å². The third-order valence-corrected chi connectivity index (χ3v) is 3.68. The third kappa shape index (κ3) is 2.25. The van der Waals surface area contributed by atoms with E-state index in [-0.39, 0.29) is 0 Å². The third-order valence-electron chi connectivity index (χ3n) is 3.27. The first-order valence-electron chi connectivity index (χ1n) is 6.07.